The number of nitrogens with zero attached hydrogens (tertiary/aromatic N) is 2. The topological polar surface area (TPSA) is 38.5 Å². The van der Waals surface area contributed by atoms with Gasteiger partial charge < -0.3 is 14.1 Å². The zero-order valence-electron chi connectivity index (χ0n) is 16.9. The molecule has 3 rings (SSSR count). The fourth-order valence-corrected chi connectivity index (χ4v) is 3.31. The molecule has 4 heteroatoms. The fourth-order valence-electron chi connectivity index (χ4n) is 3.31. The molecule has 0 fully saturated rings. The van der Waals surface area contributed by atoms with Crippen molar-refractivity contribution < 1.29 is 9.15 Å². The second-order valence-electron chi connectivity index (χ2n) is 6.93. The van der Waals surface area contributed by atoms with Crippen LogP contribution in [0.4, 0.5) is 0 Å². The molecule has 0 unspecified atom stereocenters. The van der Waals surface area contributed by atoms with Crippen LogP contribution in [-0.2, 0) is 0 Å². The number of oxazole rings is 1. The molecule has 4 nitrogen and oxygen atoms in total. The minimum atomic E-state index is 0.603. The van der Waals surface area contributed by atoms with E-state index in [1.54, 1.807) is 0 Å². The maximum absolute atomic E-state index is 6.06. The molecule has 0 amide bonds. The molecule has 1 aromatic heterocycles. The van der Waals surface area contributed by atoms with E-state index in [1.807, 2.05) is 54.6 Å². The van der Waals surface area contributed by atoms with E-state index in [2.05, 4.69) is 29.8 Å². The van der Waals surface area contributed by atoms with Crippen molar-refractivity contribution >= 4 is 23.3 Å². The van der Waals surface area contributed by atoms with Crippen molar-refractivity contribution in [1.82, 2.24) is 9.88 Å². The molecular weight excluding hydrogens is 348 g/mol. The van der Waals surface area contributed by atoms with E-state index >= 15 is 0 Å². The van der Waals surface area contributed by atoms with Crippen LogP contribution in [-0.4, -0.2) is 36.1 Å². The molecular formula is C24H30N2O2. The molecule has 1 heterocycles. The highest BCUT2D eigenvalue weighted by Crippen LogP contribution is 2.22. The van der Waals surface area contributed by atoms with Crippen LogP contribution < -0.4 is 4.74 Å². The number of fused-ring (bicyclic) bond motifs is 1. The Bertz CT molecular complexity index is 846. The molecule has 0 spiro atoms. The van der Waals surface area contributed by atoms with Crippen LogP contribution >= 0.6 is 0 Å². The number of para-hydroxylation sites is 3. The zero-order valence-corrected chi connectivity index (χ0v) is 16.9. The van der Waals surface area contributed by atoms with E-state index in [-0.39, 0.29) is 0 Å². The third-order valence-electron chi connectivity index (χ3n) is 4.59. The average Bonchev–Trinajstić information content (AvgIpc) is 3.13. The van der Waals surface area contributed by atoms with E-state index in [4.69, 9.17) is 9.15 Å². The second-order valence-corrected chi connectivity index (χ2v) is 6.93. The Morgan fingerprint density at radius 1 is 0.929 bits per heavy atom. The van der Waals surface area contributed by atoms with Crippen molar-refractivity contribution in [1.29, 1.82) is 0 Å². The molecule has 0 atom stereocenters. The van der Waals surface area contributed by atoms with Gasteiger partial charge in [-0.05, 0) is 56.6 Å². The third-order valence-corrected chi connectivity index (χ3v) is 4.59. The van der Waals surface area contributed by atoms with E-state index in [1.165, 1.54) is 12.8 Å². The van der Waals surface area contributed by atoms with Crippen molar-refractivity contribution in [2.75, 3.05) is 26.2 Å². The van der Waals surface area contributed by atoms with Gasteiger partial charge in [-0.3, -0.25) is 0 Å². The lowest BCUT2D eigenvalue weighted by Gasteiger charge is -2.20. The van der Waals surface area contributed by atoms with Crippen LogP contribution in [0.2, 0.25) is 0 Å². The molecule has 2 aromatic carbocycles. The molecule has 0 saturated heterocycles. The lowest BCUT2D eigenvalue weighted by Crippen LogP contribution is -2.27. The molecule has 0 radical (unpaired) electrons. The van der Waals surface area contributed by atoms with Crippen molar-refractivity contribution in [3.8, 4) is 5.75 Å². The molecule has 0 aliphatic carbocycles. The van der Waals surface area contributed by atoms with Crippen molar-refractivity contribution in [2.45, 2.75) is 33.1 Å². The van der Waals surface area contributed by atoms with Crippen LogP contribution in [0.1, 0.15) is 44.6 Å². The summed E-state index contributed by atoms with van der Waals surface area (Å²) < 4.78 is 11.8. The van der Waals surface area contributed by atoms with Gasteiger partial charge in [0.05, 0.1) is 6.61 Å². The summed E-state index contributed by atoms with van der Waals surface area (Å²) in [6.07, 6.45) is 7.32. The summed E-state index contributed by atoms with van der Waals surface area (Å²) in [6.45, 7) is 8.60. The van der Waals surface area contributed by atoms with Crippen LogP contribution in [0.15, 0.2) is 52.9 Å². The molecule has 0 aliphatic heterocycles. The van der Waals surface area contributed by atoms with E-state index < -0.39 is 0 Å². The maximum atomic E-state index is 6.06. The Morgan fingerprint density at radius 2 is 1.68 bits per heavy atom. The fraction of sp³-hybridized carbons (Fsp3) is 0.375. The number of benzene rings is 2. The summed E-state index contributed by atoms with van der Waals surface area (Å²) in [7, 11) is 0. The normalized spacial score (nSPS) is 11.7. The molecule has 28 heavy (non-hydrogen) atoms. The molecule has 3 aromatic rings. The van der Waals surface area contributed by atoms with Gasteiger partial charge in [0.2, 0.25) is 5.89 Å². The molecule has 0 saturated carbocycles. The Hall–Kier alpha value is -2.59. The highest BCUT2D eigenvalue weighted by atomic mass is 16.5. The summed E-state index contributed by atoms with van der Waals surface area (Å²) in [5.74, 6) is 1.50. The number of hydrogen-bond acceptors (Lipinski definition) is 4. The predicted molar refractivity (Wildman–Crippen MR) is 117 cm³/mol. The molecule has 148 valence electrons. The number of ether oxygens (including phenoxy) is 1. The van der Waals surface area contributed by atoms with Crippen LogP contribution in [0.25, 0.3) is 23.3 Å². The number of hydrogen-bond donors (Lipinski definition) is 0. The summed E-state index contributed by atoms with van der Waals surface area (Å²) in [5.41, 5.74) is 2.70. The van der Waals surface area contributed by atoms with Crippen molar-refractivity contribution in [3.05, 3.63) is 60.0 Å². The largest absolute Gasteiger partial charge is 0.493 e. The van der Waals surface area contributed by atoms with Gasteiger partial charge in [0, 0.05) is 18.2 Å². The molecule has 0 N–H and O–H groups in total. The van der Waals surface area contributed by atoms with Crippen LogP contribution in [0, 0.1) is 0 Å². The lowest BCUT2D eigenvalue weighted by molar-refractivity contribution is 0.234. The average molecular weight is 379 g/mol. The minimum Gasteiger partial charge on any atom is -0.493 e. The minimum absolute atomic E-state index is 0.603. The van der Waals surface area contributed by atoms with Gasteiger partial charge in [-0.15, -0.1) is 0 Å². The van der Waals surface area contributed by atoms with E-state index in [9.17, 15) is 0 Å². The Morgan fingerprint density at radius 3 is 2.46 bits per heavy atom. The quantitative estimate of drug-likeness (QED) is 0.390. The Labute approximate surface area is 167 Å². The Balaban J connectivity index is 1.58. The first-order chi connectivity index (χ1) is 13.8. The standard InChI is InChI=1S/C24H30N2O2/c1-3-16-26(17-4-2)18-9-19-27-22-12-7-5-10-20(22)14-15-24-25-21-11-6-8-13-23(21)28-24/h5-8,10-15H,3-4,9,16-19H2,1-2H3. The van der Waals surface area contributed by atoms with Gasteiger partial charge in [-0.1, -0.05) is 44.2 Å². The van der Waals surface area contributed by atoms with Crippen LogP contribution in [0.3, 0.4) is 0 Å². The van der Waals surface area contributed by atoms with Crippen molar-refractivity contribution in [3.63, 3.8) is 0 Å². The first-order valence-corrected chi connectivity index (χ1v) is 10.3. The number of rotatable bonds is 11. The van der Waals surface area contributed by atoms with Crippen molar-refractivity contribution in [2.24, 2.45) is 0 Å². The summed E-state index contributed by atoms with van der Waals surface area (Å²) >= 11 is 0. The first kappa shape index (κ1) is 20.2. The van der Waals surface area contributed by atoms with Gasteiger partial charge in [-0.2, -0.15) is 0 Å². The summed E-state index contributed by atoms with van der Waals surface area (Å²) in [4.78, 5) is 7.00. The summed E-state index contributed by atoms with van der Waals surface area (Å²) in [5, 5.41) is 0. The molecule has 0 bridgehead atoms. The smallest absolute Gasteiger partial charge is 0.220 e. The SMILES string of the molecule is CCCN(CCC)CCCOc1ccccc1C=Cc1nc2ccccc2o1. The lowest BCUT2D eigenvalue weighted by atomic mass is 10.2. The Kier molecular flexibility index (Phi) is 7.68. The summed E-state index contributed by atoms with van der Waals surface area (Å²) in [6, 6.07) is 15.9. The number of aromatic nitrogens is 1. The van der Waals surface area contributed by atoms with Gasteiger partial charge in [0.15, 0.2) is 5.58 Å². The predicted octanol–water partition coefficient (Wildman–Crippen LogP) is 5.89. The molecule has 0 aliphatic rings. The van der Waals surface area contributed by atoms with Gasteiger partial charge in [-0.25, -0.2) is 4.98 Å². The first-order valence-electron chi connectivity index (χ1n) is 10.3. The van der Waals surface area contributed by atoms with Gasteiger partial charge in [0.25, 0.3) is 0 Å². The zero-order chi connectivity index (χ0) is 19.6. The van der Waals surface area contributed by atoms with Crippen LogP contribution in [0.5, 0.6) is 5.75 Å². The van der Waals surface area contributed by atoms with Gasteiger partial charge in [0.1, 0.15) is 11.3 Å². The monoisotopic (exact) mass is 378 g/mol. The highest BCUT2D eigenvalue weighted by molar-refractivity contribution is 5.76. The third kappa shape index (κ3) is 5.70. The van der Waals surface area contributed by atoms with Gasteiger partial charge >= 0.3 is 0 Å². The van der Waals surface area contributed by atoms with E-state index in [0.29, 0.717) is 5.89 Å². The second kappa shape index (κ2) is 10.7. The maximum Gasteiger partial charge on any atom is 0.220 e. The van der Waals surface area contributed by atoms with E-state index in [0.717, 1.165) is 55.1 Å². The highest BCUT2D eigenvalue weighted by Gasteiger charge is 2.05.